The standard InChI is InChI=1S/C18H24BrN5/c19-16-1-3-17(4-2-16)24-13-15(11-21-24)12-22-8-5-18(14-22)23-9-6-20-7-10-23/h1-4,11,13,18,20H,5-10,12,14H2. The van der Waals surface area contributed by atoms with Crippen molar-refractivity contribution in [3.8, 4) is 5.69 Å². The van der Waals surface area contributed by atoms with Crippen LogP contribution in [0.4, 0.5) is 0 Å². The summed E-state index contributed by atoms with van der Waals surface area (Å²) in [6.45, 7) is 8.04. The highest BCUT2D eigenvalue weighted by Gasteiger charge is 2.28. The first-order valence-electron chi connectivity index (χ1n) is 8.74. The number of nitrogens with zero attached hydrogens (tertiary/aromatic N) is 4. The summed E-state index contributed by atoms with van der Waals surface area (Å²) < 4.78 is 3.06. The topological polar surface area (TPSA) is 36.3 Å². The molecule has 0 spiro atoms. The zero-order valence-electron chi connectivity index (χ0n) is 13.9. The summed E-state index contributed by atoms with van der Waals surface area (Å²) in [7, 11) is 0. The average molecular weight is 390 g/mol. The maximum absolute atomic E-state index is 4.52. The lowest BCUT2D eigenvalue weighted by Gasteiger charge is -2.32. The monoisotopic (exact) mass is 389 g/mol. The van der Waals surface area contributed by atoms with Crippen molar-refractivity contribution in [2.24, 2.45) is 0 Å². The highest BCUT2D eigenvalue weighted by Crippen LogP contribution is 2.19. The van der Waals surface area contributed by atoms with E-state index in [4.69, 9.17) is 0 Å². The van der Waals surface area contributed by atoms with Crippen molar-refractivity contribution in [1.82, 2.24) is 24.9 Å². The van der Waals surface area contributed by atoms with E-state index in [9.17, 15) is 0 Å². The Morgan fingerprint density at radius 3 is 2.71 bits per heavy atom. The van der Waals surface area contributed by atoms with Gasteiger partial charge in [0.2, 0.25) is 0 Å². The molecule has 1 N–H and O–H groups in total. The number of piperazine rings is 1. The van der Waals surface area contributed by atoms with Gasteiger partial charge in [-0.25, -0.2) is 4.68 Å². The van der Waals surface area contributed by atoms with Crippen LogP contribution in [0.3, 0.4) is 0 Å². The van der Waals surface area contributed by atoms with Crippen LogP contribution >= 0.6 is 15.9 Å². The van der Waals surface area contributed by atoms with Gasteiger partial charge in [-0.15, -0.1) is 0 Å². The summed E-state index contributed by atoms with van der Waals surface area (Å²) in [6, 6.07) is 8.99. The Morgan fingerprint density at radius 2 is 1.92 bits per heavy atom. The first-order chi connectivity index (χ1) is 11.8. The van der Waals surface area contributed by atoms with E-state index in [0.717, 1.165) is 35.8 Å². The molecule has 1 unspecified atom stereocenters. The van der Waals surface area contributed by atoms with Gasteiger partial charge < -0.3 is 5.32 Å². The minimum absolute atomic E-state index is 0.730. The van der Waals surface area contributed by atoms with E-state index in [1.807, 2.05) is 10.9 Å². The smallest absolute Gasteiger partial charge is 0.0646 e. The van der Waals surface area contributed by atoms with E-state index in [1.54, 1.807) is 0 Å². The molecule has 1 aromatic carbocycles. The maximum atomic E-state index is 4.52. The van der Waals surface area contributed by atoms with Gasteiger partial charge in [-0.3, -0.25) is 9.80 Å². The predicted octanol–water partition coefficient (Wildman–Crippen LogP) is 2.11. The van der Waals surface area contributed by atoms with Crippen LogP contribution in [0.15, 0.2) is 41.1 Å². The van der Waals surface area contributed by atoms with Gasteiger partial charge in [0.25, 0.3) is 0 Å². The second-order valence-corrected chi connectivity index (χ2v) is 7.65. The summed E-state index contributed by atoms with van der Waals surface area (Å²) in [4.78, 5) is 5.22. The second-order valence-electron chi connectivity index (χ2n) is 6.73. The van der Waals surface area contributed by atoms with Crippen molar-refractivity contribution in [3.05, 3.63) is 46.7 Å². The third kappa shape index (κ3) is 3.72. The van der Waals surface area contributed by atoms with Crippen LogP contribution < -0.4 is 5.32 Å². The number of hydrogen-bond donors (Lipinski definition) is 1. The van der Waals surface area contributed by atoms with Gasteiger partial charge in [0.15, 0.2) is 0 Å². The Hall–Kier alpha value is -1.21. The molecular weight excluding hydrogens is 366 g/mol. The molecule has 24 heavy (non-hydrogen) atoms. The van der Waals surface area contributed by atoms with E-state index >= 15 is 0 Å². The molecule has 1 aromatic heterocycles. The van der Waals surface area contributed by atoms with E-state index in [-0.39, 0.29) is 0 Å². The van der Waals surface area contributed by atoms with Crippen molar-refractivity contribution in [2.45, 2.75) is 19.0 Å². The SMILES string of the molecule is Brc1ccc(-n2cc(CN3CCC(N4CCNCC4)C3)cn2)cc1. The van der Waals surface area contributed by atoms with E-state index in [0.29, 0.717) is 0 Å². The first-order valence-corrected chi connectivity index (χ1v) is 9.54. The van der Waals surface area contributed by atoms with Gasteiger partial charge in [-0.2, -0.15) is 5.10 Å². The molecule has 0 radical (unpaired) electrons. The van der Waals surface area contributed by atoms with Crippen LogP contribution in [-0.2, 0) is 6.54 Å². The molecule has 3 heterocycles. The zero-order valence-corrected chi connectivity index (χ0v) is 15.5. The van der Waals surface area contributed by atoms with Crippen molar-refractivity contribution < 1.29 is 0 Å². The Bertz CT molecular complexity index is 662. The number of benzene rings is 1. The minimum Gasteiger partial charge on any atom is -0.314 e. The normalized spacial score (nSPS) is 23.0. The molecule has 2 aromatic rings. The largest absolute Gasteiger partial charge is 0.314 e. The molecular formula is C18H24BrN5. The third-order valence-corrected chi connectivity index (χ3v) is 5.58. The van der Waals surface area contributed by atoms with Crippen molar-refractivity contribution >= 4 is 15.9 Å². The Balaban J connectivity index is 1.35. The first kappa shape index (κ1) is 16.3. The van der Waals surface area contributed by atoms with Gasteiger partial charge in [0, 0.05) is 68.1 Å². The molecule has 2 aliphatic rings. The van der Waals surface area contributed by atoms with E-state index < -0.39 is 0 Å². The summed E-state index contributed by atoms with van der Waals surface area (Å²) in [6.07, 6.45) is 5.45. The highest BCUT2D eigenvalue weighted by molar-refractivity contribution is 9.10. The molecule has 0 bridgehead atoms. The van der Waals surface area contributed by atoms with Gasteiger partial charge in [0.05, 0.1) is 11.9 Å². The van der Waals surface area contributed by atoms with Gasteiger partial charge in [-0.1, -0.05) is 15.9 Å². The number of nitrogens with one attached hydrogen (secondary N) is 1. The number of hydrogen-bond acceptors (Lipinski definition) is 4. The number of rotatable bonds is 4. The van der Waals surface area contributed by atoms with Crippen molar-refractivity contribution in [3.63, 3.8) is 0 Å². The van der Waals surface area contributed by atoms with Gasteiger partial charge in [-0.05, 0) is 30.7 Å². The molecule has 0 amide bonds. The molecule has 1 atom stereocenters. The zero-order chi connectivity index (χ0) is 16.4. The third-order valence-electron chi connectivity index (χ3n) is 5.05. The van der Waals surface area contributed by atoms with Crippen LogP contribution in [0, 0.1) is 0 Å². The lowest BCUT2D eigenvalue weighted by atomic mass is 10.2. The van der Waals surface area contributed by atoms with Crippen LogP contribution in [0.25, 0.3) is 5.69 Å². The predicted molar refractivity (Wildman–Crippen MR) is 99.4 cm³/mol. The summed E-state index contributed by atoms with van der Waals surface area (Å²) in [5, 5.41) is 7.96. The summed E-state index contributed by atoms with van der Waals surface area (Å²) in [5.74, 6) is 0. The molecule has 2 saturated heterocycles. The maximum Gasteiger partial charge on any atom is 0.0646 e. The molecule has 5 nitrogen and oxygen atoms in total. The van der Waals surface area contributed by atoms with E-state index in [2.05, 4.69) is 66.6 Å². The van der Waals surface area contributed by atoms with Crippen LogP contribution in [0.5, 0.6) is 0 Å². The second kappa shape index (κ2) is 7.35. The summed E-state index contributed by atoms with van der Waals surface area (Å²) >= 11 is 3.48. The molecule has 2 aliphatic heterocycles. The van der Waals surface area contributed by atoms with Crippen LogP contribution in [-0.4, -0.2) is 64.9 Å². The molecule has 128 valence electrons. The number of halogens is 1. The number of likely N-dealkylation sites (tertiary alicyclic amines) is 1. The fourth-order valence-corrected chi connectivity index (χ4v) is 4.00. The fourth-order valence-electron chi connectivity index (χ4n) is 3.74. The Morgan fingerprint density at radius 1 is 1.12 bits per heavy atom. The average Bonchev–Trinajstić information content (AvgIpc) is 3.27. The van der Waals surface area contributed by atoms with Crippen molar-refractivity contribution in [2.75, 3.05) is 39.3 Å². The molecule has 0 aliphatic carbocycles. The lowest BCUT2D eigenvalue weighted by Crippen LogP contribution is -2.49. The Kier molecular flexibility index (Phi) is 4.98. The summed E-state index contributed by atoms with van der Waals surface area (Å²) in [5.41, 5.74) is 2.39. The minimum atomic E-state index is 0.730. The van der Waals surface area contributed by atoms with Gasteiger partial charge >= 0.3 is 0 Å². The molecule has 2 fully saturated rings. The van der Waals surface area contributed by atoms with Crippen LogP contribution in [0.1, 0.15) is 12.0 Å². The van der Waals surface area contributed by atoms with Crippen LogP contribution in [0.2, 0.25) is 0 Å². The highest BCUT2D eigenvalue weighted by atomic mass is 79.9. The van der Waals surface area contributed by atoms with E-state index in [1.165, 1.54) is 38.2 Å². The molecule has 4 rings (SSSR count). The molecule has 6 heteroatoms. The number of aromatic nitrogens is 2. The van der Waals surface area contributed by atoms with Gasteiger partial charge in [0.1, 0.15) is 0 Å². The van der Waals surface area contributed by atoms with Crippen molar-refractivity contribution in [1.29, 1.82) is 0 Å². The molecule has 0 saturated carbocycles. The lowest BCUT2D eigenvalue weighted by molar-refractivity contribution is 0.170. The Labute approximate surface area is 151 Å². The quantitative estimate of drug-likeness (QED) is 0.868. The fraction of sp³-hybridized carbons (Fsp3) is 0.500.